The molecule has 6 rings (SSSR count). The third-order valence-electron chi connectivity index (χ3n) is 10.6. The summed E-state index contributed by atoms with van der Waals surface area (Å²) in [6.45, 7) is 23.6. The van der Waals surface area contributed by atoms with Crippen LogP contribution in [0.4, 0.5) is 0 Å². The second-order valence-electron chi connectivity index (χ2n) is 14.4. The van der Waals surface area contributed by atoms with Crippen molar-refractivity contribution in [1.29, 1.82) is 0 Å². The number of rotatable bonds is 2. The minimum Gasteiger partial charge on any atom is -0.381 e. The number of allylic oxidation sites excluding steroid dienone is 10. The van der Waals surface area contributed by atoms with E-state index < -0.39 is 5.60 Å². The van der Waals surface area contributed by atoms with Crippen LogP contribution < -0.4 is 0 Å². The van der Waals surface area contributed by atoms with Gasteiger partial charge in [0.1, 0.15) is 11.4 Å². The largest absolute Gasteiger partial charge is 0.381 e. The fourth-order valence-electron chi connectivity index (χ4n) is 7.66. The molecule has 1 N–H and O–H groups in total. The molecule has 0 amide bonds. The van der Waals surface area contributed by atoms with Gasteiger partial charge in [0.05, 0.1) is 0 Å². The van der Waals surface area contributed by atoms with Crippen molar-refractivity contribution in [3.8, 4) is 0 Å². The molecule has 0 unspecified atom stereocenters. The number of fused-ring (bicyclic) bond motifs is 3. The Balaban J connectivity index is -0.000000574. The SMILES string of the molecule is C.C.C.C=C(C)C.C=C(C)[C@@H]1CC(=O)[C@@]2(C)CC=CC[C@H]12.C=C(C)[C@@H]1CC(=O)[C@@]2(O)CC=CC[C@H]12.C[C@]12CC=CC[C@@H]1C=CC2=O.[Cu].[Li]. The van der Waals surface area contributed by atoms with Crippen LogP contribution in [0.2, 0.25) is 0 Å². The van der Waals surface area contributed by atoms with E-state index in [0.717, 1.165) is 44.1 Å². The average molecular weight is 705 g/mol. The number of Topliss-reactive ketones (excluding diaryl/α,β-unsaturated/α-hetero) is 2. The molecule has 0 saturated heterocycles. The van der Waals surface area contributed by atoms with E-state index >= 15 is 0 Å². The van der Waals surface area contributed by atoms with Gasteiger partial charge in [-0.25, -0.2) is 0 Å². The Labute approximate surface area is 317 Å². The number of ketones is 3. The van der Waals surface area contributed by atoms with Crippen molar-refractivity contribution >= 4 is 36.2 Å². The van der Waals surface area contributed by atoms with Crippen molar-refractivity contribution in [1.82, 2.24) is 0 Å². The molecule has 0 spiro atoms. The van der Waals surface area contributed by atoms with Crippen molar-refractivity contribution < 1.29 is 36.6 Å². The molecule has 0 aromatic heterocycles. The topological polar surface area (TPSA) is 71.4 Å². The predicted octanol–water partition coefficient (Wildman–Crippen LogP) is 10.2. The van der Waals surface area contributed by atoms with Gasteiger partial charge in [-0.15, -0.1) is 6.58 Å². The van der Waals surface area contributed by atoms with Gasteiger partial charge in [-0.2, -0.15) is 0 Å². The Morgan fingerprint density at radius 2 is 1.10 bits per heavy atom. The summed E-state index contributed by atoms with van der Waals surface area (Å²) in [5, 5.41) is 10.3. The molecule has 2 radical (unpaired) electrons. The number of aliphatic hydroxyl groups is 1. The van der Waals surface area contributed by atoms with Gasteiger partial charge in [0.15, 0.2) is 11.6 Å². The summed E-state index contributed by atoms with van der Waals surface area (Å²) >= 11 is 0. The van der Waals surface area contributed by atoms with Crippen molar-refractivity contribution in [2.24, 2.45) is 40.4 Å². The van der Waals surface area contributed by atoms with Crippen LogP contribution >= 0.6 is 0 Å². The number of carbonyl (C=O) groups excluding carboxylic acids is 3. The Hall–Kier alpha value is -1.73. The first-order valence-electron chi connectivity index (χ1n) is 16.0. The molecule has 270 valence electrons. The first kappa shape index (κ1) is 50.6. The molecule has 8 atom stereocenters. The van der Waals surface area contributed by atoms with Crippen LogP contribution in [-0.4, -0.2) is 46.9 Å². The normalized spacial score (nSPS) is 34.0. The van der Waals surface area contributed by atoms with E-state index in [9.17, 15) is 19.5 Å². The van der Waals surface area contributed by atoms with E-state index in [0.29, 0.717) is 42.2 Å². The molecule has 2 fully saturated rings. The van der Waals surface area contributed by atoms with Crippen LogP contribution in [0.15, 0.2) is 85.1 Å². The van der Waals surface area contributed by atoms with Gasteiger partial charge in [-0.05, 0) is 89.5 Å². The number of hydrogen-bond acceptors (Lipinski definition) is 4. The number of hydrogen-bond donors (Lipinski definition) is 1. The first-order chi connectivity index (χ1) is 20.1. The maximum absolute atomic E-state index is 12.0. The van der Waals surface area contributed by atoms with Crippen molar-refractivity contribution in [2.45, 2.75) is 121 Å². The molecule has 2 saturated carbocycles. The van der Waals surface area contributed by atoms with Gasteiger partial charge in [-0.1, -0.05) is 109 Å². The average Bonchev–Trinajstić information content (AvgIpc) is 3.50. The smallest absolute Gasteiger partial charge is 0.165 e. The van der Waals surface area contributed by atoms with E-state index in [1.807, 2.05) is 26.8 Å². The van der Waals surface area contributed by atoms with Gasteiger partial charge in [0, 0.05) is 71.9 Å². The summed E-state index contributed by atoms with van der Waals surface area (Å²) in [6.07, 6.45) is 22.9. The van der Waals surface area contributed by atoms with E-state index in [4.69, 9.17) is 0 Å². The zero-order chi connectivity index (χ0) is 32.2. The van der Waals surface area contributed by atoms with Crippen molar-refractivity contribution in [3.05, 3.63) is 85.1 Å². The summed E-state index contributed by atoms with van der Waals surface area (Å²) in [4.78, 5) is 35.1. The molecule has 6 aliphatic rings. The quantitative estimate of drug-likeness (QED) is 0.229. The Kier molecular flexibility index (Phi) is 22.0. The van der Waals surface area contributed by atoms with Crippen LogP contribution in [0.5, 0.6) is 0 Å². The van der Waals surface area contributed by atoms with Gasteiger partial charge in [-0.3, -0.25) is 14.4 Å². The van der Waals surface area contributed by atoms with E-state index in [2.05, 4.69) is 77.0 Å². The minimum absolute atomic E-state index is 0. The van der Waals surface area contributed by atoms with Gasteiger partial charge in [0.2, 0.25) is 0 Å². The van der Waals surface area contributed by atoms with Crippen LogP contribution in [0.3, 0.4) is 0 Å². The summed E-state index contributed by atoms with van der Waals surface area (Å²) < 4.78 is 0. The summed E-state index contributed by atoms with van der Waals surface area (Å²) in [6, 6.07) is 0. The second kappa shape index (κ2) is 20.8. The van der Waals surface area contributed by atoms with E-state index in [-0.39, 0.29) is 86.7 Å². The molecule has 0 aliphatic heterocycles. The molecular weight excluding hydrogens is 639 g/mol. The summed E-state index contributed by atoms with van der Waals surface area (Å²) in [7, 11) is 0. The Morgan fingerprint density at radius 3 is 1.60 bits per heavy atom. The zero-order valence-corrected chi connectivity index (χ0v) is 29.7. The molecule has 0 aromatic carbocycles. The Morgan fingerprint density at radius 1 is 0.688 bits per heavy atom. The van der Waals surface area contributed by atoms with Crippen LogP contribution in [0.1, 0.15) is 115 Å². The molecule has 48 heavy (non-hydrogen) atoms. The van der Waals surface area contributed by atoms with Crippen LogP contribution in [0, 0.1) is 40.4 Å². The fourth-order valence-corrected chi connectivity index (χ4v) is 7.66. The molecule has 0 bridgehead atoms. The predicted molar refractivity (Wildman–Crippen MR) is 203 cm³/mol. The maximum Gasteiger partial charge on any atom is 0.165 e. The van der Waals surface area contributed by atoms with Crippen molar-refractivity contribution in [2.75, 3.05) is 0 Å². The monoisotopic (exact) mass is 704 g/mol. The summed E-state index contributed by atoms with van der Waals surface area (Å²) in [5.74, 6) is 2.41. The third kappa shape index (κ3) is 10.9. The van der Waals surface area contributed by atoms with Crippen LogP contribution in [0.25, 0.3) is 0 Å². The van der Waals surface area contributed by atoms with Gasteiger partial charge >= 0.3 is 0 Å². The van der Waals surface area contributed by atoms with Gasteiger partial charge < -0.3 is 5.11 Å². The first-order valence-corrected chi connectivity index (χ1v) is 16.0. The Bertz CT molecular complexity index is 1210. The molecule has 6 aliphatic carbocycles. The van der Waals surface area contributed by atoms with Crippen molar-refractivity contribution in [3.63, 3.8) is 0 Å². The minimum atomic E-state index is -1.08. The standard InChI is InChI=1S/C13H18O.C12H16O2.C10H12O.C4H8.3CH4.Cu.Li/c1-9(2)10-8-12(14)13(3)7-5-4-6-11(10)13;1-8(2)9-7-11(13)12(14)6-4-3-5-10(9)12;1-10-7-3-2-4-8(10)5-6-9(10)11;1-4(2)3;;;;;/h4-5,10-11H,1,6-8H2,2-3H3;3-4,9-10,14H,1,5-7H2,2H3;2-3,5-6,8H,4,7H2,1H3;1H2,2-3H3;3*1H4;;/t10-,11+,13-;9-,10+,12+;8-,10+;;;;;;/m001....../s1. The third-order valence-corrected chi connectivity index (χ3v) is 10.6. The molecule has 6 heteroatoms. The van der Waals surface area contributed by atoms with E-state index in [1.165, 1.54) is 11.1 Å². The van der Waals surface area contributed by atoms with E-state index in [1.54, 1.807) is 6.08 Å². The second-order valence-corrected chi connectivity index (χ2v) is 14.4. The summed E-state index contributed by atoms with van der Waals surface area (Å²) in [5.41, 5.74) is 2.11. The number of carbonyl (C=O) groups is 3. The zero-order valence-electron chi connectivity index (χ0n) is 28.8. The maximum atomic E-state index is 12.0. The molecule has 0 heterocycles. The fraction of sp³-hybridized carbons (Fsp3) is 0.595. The molecule has 0 aromatic rings. The molecular formula is C42H66CuLiO4. The van der Waals surface area contributed by atoms with Crippen LogP contribution in [-0.2, 0) is 31.5 Å². The van der Waals surface area contributed by atoms with Gasteiger partial charge in [0.25, 0.3) is 0 Å². The molecule has 4 nitrogen and oxygen atoms in total.